The zero-order valence-electron chi connectivity index (χ0n) is 17.4. The second-order valence-corrected chi connectivity index (χ2v) is 9.57. The van der Waals surface area contributed by atoms with E-state index in [1.165, 1.54) is 28.6 Å². The number of aromatic nitrogens is 4. The summed E-state index contributed by atoms with van der Waals surface area (Å²) in [6.07, 6.45) is 4.58. The molecule has 0 bridgehead atoms. The highest BCUT2D eigenvalue weighted by Gasteiger charge is 2.26. The number of sulfonamides is 1. The standard InChI is InChI=1S/C20H24N6O4S/c1-14(2)26-13-10-17(24-26)19-22-23-20(30-19)21-18(27)15-6-8-16(9-7-15)31(28,29)25-11-4-3-5-12-25/h6-10,13-14H,3-5,11-12H2,1-2H3,(H,21,23,27). The van der Waals surface area contributed by atoms with Gasteiger partial charge in [-0.1, -0.05) is 11.5 Å². The number of nitrogens with one attached hydrogen (secondary N) is 1. The van der Waals surface area contributed by atoms with Gasteiger partial charge in [0.2, 0.25) is 10.0 Å². The number of benzene rings is 1. The molecule has 0 aliphatic carbocycles. The summed E-state index contributed by atoms with van der Waals surface area (Å²) in [6, 6.07) is 7.69. The van der Waals surface area contributed by atoms with E-state index in [0.29, 0.717) is 18.8 Å². The number of nitrogens with zero attached hydrogens (tertiary/aromatic N) is 5. The molecule has 11 heteroatoms. The summed E-state index contributed by atoms with van der Waals surface area (Å²) in [5.74, 6) is -0.289. The fourth-order valence-corrected chi connectivity index (χ4v) is 4.84. The Balaban J connectivity index is 1.44. The minimum atomic E-state index is -3.54. The fraction of sp³-hybridized carbons (Fsp3) is 0.400. The lowest BCUT2D eigenvalue weighted by atomic mass is 10.2. The molecule has 1 aliphatic rings. The quantitative estimate of drug-likeness (QED) is 0.620. The Hall–Kier alpha value is -3.05. The molecule has 3 heterocycles. The lowest BCUT2D eigenvalue weighted by Crippen LogP contribution is -2.35. The molecule has 0 spiro atoms. The predicted octanol–water partition coefficient (Wildman–Crippen LogP) is 2.94. The van der Waals surface area contributed by atoms with Crippen molar-refractivity contribution in [2.24, 2.45) is 0 Å². The molecule has 1 N–H and O–H groups in total. The number of rotatable bonds is 6. The van der Waals surface area contributed by atoms with E-state index < -0.39 is 15.9 Å². The number of amides is 1. The van der Waals surface area contributed by atoms with E-state index in [0.717, 1.165) is 19.3 Å². The highest BCUT2D eigenvalue weighted by Crippen LogP contribution is 2.22. The first kappa shape index (κ1) is 21.2. The average Bonchev–Trinajstić information content (AvgIpc) is 3.44. The topological polar surface area (TPSA) is 123 Å². The van der Waals surface area contributed by atoms with Gasteiger partial charge in [-0.2, -0.15) is 9.40 Å². The van der Waals surface area contributed by atoms with Crippen LogP contribution in [-0.2, 0) is 10.0 Å². The average molecular weight is 445 g/mol. The molecule has 0 atom stereocenters. The molecule has 31 heavy (non-hydrogen) atoms. The first-order valence-electron chi connectivity index (χ1n) is 10.2. The van der Waals surface area contributed by atoms with E-state index in [4.69, 9.17) is 4.42 Å². The van der Waals surface area contributed by atoms with Gasteiger partial charge in [-0.25, -0.2) is 8.42 Å². The van der Waals surface area contributed by atoms with E-state index in [1.807, 2.05) is 20.0 Å². The number of anilines is 1. The molecule has 3 aromatic rings. The van der Waals surface area contributed by atoms with Crippen LogP contribution in [0.1, 0.15) is 49.5 Å². The summed E-state index contributed by atoms with van der Waals surface area (Å²) in [6.45, 7) is 5.05. The third kappa shape index (κ3) is 4.52. The number of hydrogen-bond acceptors (Lipinski definition) is 7. The largest absolute Gasteiger partial charge is 0.401 e. The van der Waals surface area contributed by atoms with Crippen LogP contribution in [0.2, 0.25) is 0 Å². The van der Waals surface area contributed by atoms with Crippen molar-refractivity contribution in [2.45, 2.75) is 44.0 Å². The van der Waals surface area contributed by atoms with Crippen molar-refractivity contribution in [1.82, 2.24) is 24.3 Å². The Morgan fingerprint density at radius 3 is 2.42 bits per heavy atom. The molecular weight excluding hydrogens is 420 g/mol. The lowest BCUT2D eigenvalue weighted by molar-refractivity contribution is 0.102. The van der Waals surface area contributed by atoms with Crippen molar-refractivity contribution >= 4 is 21.9 Å². The molecule has 0 unspecified atom stereocenters. The molecule has 1 fully saturated rings. The zero-order chi connectivity index (χ0) is 22.0. The Morgan fingerprint density at radius 2 is 1.77 bits per heavy atom. The fourth-order valence-electron chi connectivity index (χ4n) is 3.32. The van der Waals surface area contributed by atoms with E-state index in [-0.39, 0.29) is 28.4 Å². The van der Waals surface area contributed by atoms with Crippen LogP contribution in [0.4, 0.5) is 6.01 Å². The van der Waals surface area contributed by atoms with Gasteiger partial charge >= 0.3 is 6.01 Å². The third-order valence-corrected chi connectivity index (χ3v) is 6.98. The van der Waals surface area contributed by atoms with E-state index in [9.17, 15) is 13.2 Å². The molecule has 4 rings (SSSR count). The first-order valence-corrected chi connectivity index (χ1v) is 11.6. The highest BCUT2D eigenvalue weighted by molar-refractivity contribution is 7.89. The summed E-state index contributed by atoms with van der Waals surface area (Å²) in [7, 11) is -3.54. The highest BCUT2D eigenvalue weighted by atomic mass is 32.2. The summed E-state index contributed by atoms with van der Waals surface area (Å²) in [5, 5.41) is 14.6. The summed E-state index contributed by atoms with van der Waals surface area (Å²) >= 11 is 0. The maximum atomic E-state index is 12.7. The van der Waals surface area contributed by atoms with Crippen LogP contribution < -0.4 is 5.32 Å². The molecule has 10 nitrogen and oxygen atoms in total. The van der Waals surface area contributed by atoms with Crippen LogP contribution in [-0.4, -0.2) is 51.7 Å². The molecule has 164 valence electrons. The van der Waals surface area contributed by atoms with Gasteiger partial charge in [-0.3, -0.25) is 14.8 Å². The SMILES string of the molecule is CC(C)n1ccc(-c2nnc(NC(=O)c3ccc(S(=O)(=O)N4CCCCC4)cc3)o2)n1. The Kier molecular flexibility index (Phi) is 5.88. The molecule has 1 aromatic carbocycles. The number of carbonyl (C=O) groups excluding carboxylic acids is 1. The molecule has 0 saturated carbocycles. The Morgan fingerprint density at radius 1 is 1.06 bits per heavy atom. The van der Waals surface area contributed by atoms with Crippen LogP contribution >= 0.6 is 0 Å². The predicted molar refractivity (Wildman–Crippen MR) is 113 cm³/mol. The van der Waals surface area contributed by atoms with Gasteiger partial charge in [0.1, 0.15) is 5.69 Å². The van der Waals surface area contributed by atoms with Gasteiger partial charge in [0, 0.05) is 30.9 Å². The van der Waals surface area contributed by atoms with Crippen LogP contribution in [0, 0.1) is 0 Å². The summed E-state index contributed by atoms with van der Waals surface area (Å²) < 4.78 is 34.2. The van der Waals surface area contributed by atoms with Gasteiger partial charge in [-0.05, 0) is 57.0 Å². The molecule has 1 amide bonds. The van der Waals surface area contributed by atoms with Gasteiger partial charge in [0.15, 0.2) is 0 Å². The monoisotopic (exact) mass is 444 g/mol. The molecule has 0 radical (unpaired) electrons. The Labute approximate surface area is 180 Å². The molecular formula is C20H24N6O4S. The molecule has 1 aliphatic heterocycles. The van der Waals surface area contributed by atoms with Gasteiger partial charge in [0.25, 0.3) is 11.8 Å². The number of hydrogen-bond donors (Lipinski definition) is 1. The van der Waals surface area contributed by atoms with Gasteiger partial charge in [-0.15, -0.1) is 5.10 Å². The van der Waals surface area contributed by atoms with Crippen molar-refractivity contribution in [1.29, 1.82) is 0 Å². The maximum Gasteiger partial charge on any atom is 0.322 e. The van der Waals surface area contributed by atoms with Gasteiger partial charge < -0.3 is 4.42 Å². The number of piperidine rings is 1. The second-order valence-electron chi connectivity index (χ2n) is 7.63. The number of carbonyl (C=O) groups is 1. The third-order valence-electron chi connectivity index (χ3n) is 5.07. The minimum Gasteiger partial charge on any atom is -0.401 e. The van der Waals surface area contributed by atoms with Crippen LogP contribution in [0.15, 0.2) is 45.8 Å². The van der Waals surface area contributed by atoms with Crippen LogP contribution in [0.5, 0.6) is 0 Å². The second kappa shape index (κ2) is 8.60. The minimum absolute atomic E-state index is 0.0656. The molecule has 1 saturated heterocycles. The normalized spacial score (nSPS) is 15.3. The van der Waals surface area contributed by atoms with Crippen LogP contribution in [0.3, 0.4) is 0 Å². The van der Waals surface area contributed by atoms with E-state index in [2.05, 4.69) is 20.6 Å². The van der Waals surface area contributed by atoms with Gasteiger partial charge in [0.05, 0.1) is 4.90 Å². The van der Waals surface area contributed by atoms with E-state index in [1.54, 1.807) is 10.7 Å². The zero-order valence-corrected chi connectivity index (χ0v) is 18.2. The van der Waals surface area contributed by atoms with E-state index >= 15 is 0 Å². The Bertz CT molecular complexity index is 1160. The van der Waals surface area contributed by atoms with Crippen molar-refractivity contribution in [3.8, 4) is 11.6 Å². The van der Waals surface area contributed by atoms with Crippen molar-refractivity contribution in [3.05, 3.63) is 42.1 Å². The summed E-state index contributed by atoms with van der Waals surface area (Å²) in [5.41, 5.74) is 0.787. The van der Waals surface area contributed by atoms with Crippen molar-refractivity contribution in [2.75, 3.05) is 18.4 Å². The maximum absolute atomic E-state index is 12.7. The summed E-state index contributed by atoms with van der Waals surface area (Å²) in [4.78, 5) is 12.7. The first-order chi connectivity index (χ1) is 14.8. The van der Waals surface area contributed by atoms with Crippen molar-refractivity contribution < 1.29 is 17.6 Å². The molecule has 2 aromatic heterocycles. The van der Waals surface area contributed by atoms with Crippen LogP contribution in [0.25, 0.3) is 11.6 Å². The lowest BCUT2D eigenvalue weighted by Gasteiger charge is -2.25. The smallest absolute Gasteiger partial charge is 0.322 e. The van der Waals surface area contributed by atoms with Crippen molar-refractivity contribution in [3.63, 3.8) is 0 Å².